The standard InChI is InChI=1S/C13H18N6O3/c1-4-17-11(5-6-15-17)8-14-13(20)10(3)18-9(2)7-12(16-18)19(21)22/h5-7,10H,4,8H2,1-3H3,(H,14,20). The number of aryl methyl sites for hydroxylation is 2. The molecule has 0 aromatic carbocycles. The first-order valence-corrected chi connectivity index (χ1v) is 6.93. The predicted octanol–water partition coefficient (Wildman–Crippen LogP) is 1.19. The van der Waals surface area contributed by atoms with Crippen molar-refractivity contribution in [2.24, 2.45) is 0 Å². The van der Waals surface area contributed by atoms with Crippen molar-refractivity contribution < 1.29 is 9.72 Å². The molecule has 1 amide bonds. The molecule has 1 atom stereocenters. The Hall–Kier alpha value is -2.71. The summed E-state index contributed by atoms with van der Waals surface area (Å²) in [5, 5.41) is 21.5. The number of carbonyl (C=O) groups excluding carboxylic acids is 1. The molecule has 0 bridgehead atoms. The number of hydrogen-bond donors (Lipinski definition) is 1. The molecule has 0 fully saturated rings. The van der Waals surface area contributed by atoms with Crippen LogP contribution in [0.5, 0.6) is 0 Å². The first kappa shape index (κ1) is 15.7. The summed E-state index contributed by atoms with van der Waals surface area (Å²) in [5.74, 6) is -0.522. The number of nitrogens with one attached hydrogen (secondary N) is 1. The first-order valence-electron chi connectivity index (χ1n) is 6.93. The van der Waals surface area contributed by atoms with Crippen molar-refractivity contribution in [2.45, 2.75) is 39.9 Å². The summed E-state index contributed by atoms with van der Waals surface area (Å²) in [6.45, 7) is 6.36. The zero-order valence-electron chi connectivity index (χ0n) is 12.7. The molecule has 0 saturated carbocycles. The van der Waals surface area contributed by atoms with Crippen LogP contribution in [0.1, 0.15) is 31.3 Å². The molecule has 0 aliphatic rings. The Morgan fingerprint density at radius 2 is 2.27 bits per heavy atom. The largest absolute Gasteiger partial charge is 0.390 e. The van der Waals surface area contributed by atoms with Crippen molar-refractivity contribution in [3.8, 4) is 0 Å². The molecule has 9 nitrogen and oxygen atoms in total. The van der Waals surface area contributed by atoms with Gasteiger partial charge in [-0.05, 0) is 31.8 Å². The van der Waals surface area contributed by atoms with Crippen LogP contribution in [0.15, 0.2) is 18.3 Å². The molecule has 0 aliphatic carbocycles. The predicted molar refractivity (Wildman–Crippen MR) is 78.1 cm³/mol. The van der Waals surface area contributed by atoms with Gasteiger partial charge in [-0.1, -0.05) is 0 Å². The molecule has 0 radical (unpaired) electrons. The minimum absolute atomic E-state index is 0.259. The number of rotatable bonds is 6. The van der Waals surface area contributed by atoms with Gasteiger partial charge in [-0.15, -0.1) is 0 Å². The van der Waals surface area contributed by atoms with Gasteiger partial charge in [-0.2, -0.15) is 9.78 Å². The SMILES string of the molecule is CCn1nccc1CNC(=O)C(C)n1nc([N+](=O)[O-])cc1C. The molecule has 22 heavy (non-hydrogen) atoms. The fourth-order valence-corrected chi connectivity index (χ4v) is 2.18. The third kappa shape index (κ3) is 3.13. The van der Waals surface area contributed by atoms with E-state index < -0.39 is 11.0 Å². The van der Waals surface area contributed by atoms with Gasteiger partial charge in [0.05, 0.1) is 29.1 Å². The lowest BCUT2D eigenvalue weighted by atomic mass is 10.3. The van der Waals surface area contributed by atoms with E-state index in [4.69, 9.17) is 0 Å². The second-order valence-corrected chi connectivity index (χ2v) is 4.88. The highest BCUT2D eigenvalue weighted by molar-refractivity contribution is 5.79. The molecule has 0 aliphatic heterocycles. The van der Waals surface area contributed by atoms with Crippen LogP contribution in [0.3, 0.4) is 0 Å². The smallest absolute Gasteiger partial charge is 0.358 e. The maximum absolute atomic E-state index is 12.2. The van der Waals surface area contributed by atoms with E-state index in [-0.39, 0.29) is 11.7 Å². The topological polar surface area (TPSA) is 108 Å². The van der Waals surface area contributed by atoms with Crippen molar-refractivity contribution in [1.29, 1.82) is 0 Å². The van der Waals surface area contributed by atoms with Crippen LogP contribution in [0, 0.1) is 17.0 Å². The van der Waals surface area contributed by atoms with Gasteiger partial charge in [0.15, 0.2) is 0 Å². The van der Waals surface area contributed by atoms with Crippen LogP contribution in [0.4, 0.5) is 5.82 Å². The summed E-state index contributed by atoms with van der Waals surface area (Å²) < 4.78 is 3.14. The van der Waals surface area contributed by atoms with Crippen LogP contribution < -0.4 is 5.32 Å². The lowest BCUT2D eigenvalue weighted by Gasteiger charge is -2.12. The third-order valence-corrected chi connectivity index (χ3v) is 3.39. The van der Waals surface area contributed by atoms with E-state index in [9.17, 15) is 14.9 Å². The third-order valence-electron chi connectivity index (χ3n) is 3.39. The Morgan fingerprint density at radius 1 is 1.55 bits per heavy atom. The lowest BCUT2D eigenvalue weighted by Crippen LogP contribution is -2.32. The number of carbonyl (C=O) groups is 1. The maximum Gasteiger partial charge on any atom is 0.390 e. The number of nitro groups is 1. The number of nitrogens with zero attached hydrogens (tertiary/aromatic N) is 5. The van der Waals surface area contributed by atoms with Gasteiger partial charge >= 0.3 is 5.82 Å². The van der Waals surface area contributed by atoms with E-state index in [1.807, 2.05) is 13.0 Å². The van der Waals surface area contributed by atoms with Crippen molar-refractivity contribution in [1.82, 2.24) is 24.9 Å². The van der Waals surface area contributed by atoms with Crippen LogP contribution in [-0.2, 0) is 17.9 Å². The van der Waals surface area contributed by atoms with Gasteiger partial charge in [0.25, 0.3) is 0 Å². The highest BCUT2D eigenvalue weighted by atomic mass is 16.6. The Labute approximate surface area is 127 Å². The molecule has 2 heterocycles. The van der Waals surface area contributed by atoms with Crippen LogP contribution in [-0.4, -0.2) is 30.4 Å². The second kappa shape index (κ2) is 6.37. The average Bonchev–Trinajstić information content (AvgIpc) is 3.09. The van der Waals surface area contributed by atoms with Gasteiger partial charge in [-0.3, -0.25) is 9.48 Å². The van der Waals surface area contributed by atoms with E-state index in [1.165, 1.54) is 10.7 Å². The van der Waals surface area contributed by atoms with Crippen molar-refractivity contribution >= 4 is 11.7 Å². The zero-order chi connectivity index (χ0) is 16.3. The highest BCUT2D eigenvalue weighted by Crippen LogP contribution is 2.16. The van der Waals surface area contributed by atoms with E-state index in [1.54, 1.807) is 24.7 Å². The number of amides is 1. The van der Waals surface area contributed by atoms with E-state index in [2.05, 4.69) is 15.5 Å². The Kier molecular flexibility index (Phi) is 4.54. The molecule has 2 aromatic heterocycles. The average molecular weight is 306 g/mol. The summed E-state index contributed by atoms with van der Waals surface area (Å²) in [4.78, 5) is 22.4. The number of hydrogen-bond acceptors (Lipinski definition) is 5. The van der Waals surface area contributed by atoms with Gasteiger partial charge in [-0.25, -0.2) is 0 Å². The molecule has 1 N–H and O–H groups in total. The summed E-state index contributed by atoms with van der Waals surface area (Å²) >= 11 is 0. The fraction of sp³-hybridized carbons (Fsp3) is 0.462. The van der Waals surface area contributed by atoms with Crippen LogP contribution >= 0.6 is 0 Å². The summed E-state index contributed by atoms with van der Waals surface area (Å²) in [5.41, 5.74) is 1.46. The Balaban J connectivity index is 2.04. The molecule has 0 saturated heterocycles. The molecule has 1 unspecified atom stereocenters. The summed E-state index contributed by atoms with van der Waals surface area (Å²) in [6.07, 6.45) is 1.68. The number of aromatic nitrogens is 4. The normalized spacial score (nSPS) is 12.1. The van der Waals surface area contributed by atoms with Gasteiger partial charge in [0.1, 0.15) is 6.04 Å². The summed E-state index contributed by atoms with van der Waals surface area (Å²) in [6, 6.07) is 2.54. The second-order valence-electron chi connectivity index (χ2n) is 4.88. The minimum Gasteiger partial charge on any atom is -0.358 e. The quantitative estimate of drug-likeness (QED) is 0.637. The fourth-order valence-electron chi connectivity index (χ4n) is 2.18. The molecule has 0 spiro atoms. The van der Waals surface area contributed by atoms with E-state index >= 15 is 0 Å². The van der Waals surface area contributed by atoms with Crippen molar-refractivity contribution in [3.05, 3.63) is 39.8 Å². The van der Waals surface area contributed by atoms with Gasteiger partial charge < -0.3 is 15.4 Å². The van der Waals surface area contributed by atoms with E-state index in [0.29, 0.717) is 12.2 Å². The molecule has 2 rings (SSSR count). The zero-order valence-corrected chi connectivity index (χ0v) is 12.7. The van der Waals surface area contributed by atoms with Crippen molar-refractivity contribution in [2.75, 3.05) is 0 Å². The van der Waals surface area contributed by atoms with Crippen LogP contribution in [0.2, 0.25) is 0 Å². The summed E-state index contributed by atoms with van der Waals surface area (Å²) in [7, 11) is 0. The first-order chi connectivity index (χ1) is 10.4. The minimum atomic E-state index is -0.633. The maximum atomic E-state index is 12.2. The highest BCUT2D eigenvalue weighted by Gasteiger charge is 2.24. The molecule has 9 heteroatoms. The van der Waals surface area contributed by atoms with E-state index in [0.717, 1.165) is 12.2 Å². The van der Waals surface area contributed by atoms with Gasteiger partial charge in [0.2, 0.25) is 5.91 Å². The molecular formula is C13H18N6O3. The monoisotopic (exact) mass is 306 g/mol. The molecular weight excluding hydrogens is 288 g/mol. The lowest BCUT2D eigenvalue weighted by molar-refractivity contribution is -0.389. The van der Waals surface area contributed by atoms with Crippen molar-refractivity contribution in [3.63, 3.8) is 0 Å². The Morgan fingerprint density at radius 3 is 2.86 bits per heavy atom. The molecule has 2 aromatic rings. The van der Waals surface area contributed by atoms with Gasteiger partial charge in [0, 0.05) is 12.7 Å². The molecule has 118 valence electrons. The van der Waals surface area contributed by atoms with Crippen LogP contribution in [0.25, 0.3) is 0 Å². The Bertz CT molecular complexity index is 690.